The van der Waals surface area contributed by atoms with E-state index in [1.54, 1.807) is 6.20 Å². The number of rotatable bonds is 7. The molecule has 0 bridgehead atoms. The molecule has 0 saturated carbocycles. The van der Waals surface area contributed by atoms with Crippen LogP contribution in [0.15, 0.2) is 66.2 Å². The van der Waals surface area contributed by atoms with E-state index >= 15 is 0 Å². The van der Waals surface area contributed by atoms with Crippen LogP contribution in [0.5, 0.6) is 0 Å². The van der Waals surface area contributed by atoms with Crippen molar-refractivity contribution in [3.8, 4) is 0 Å². The number of benzene rings is 1. The van der Waals surface area contributed by atoms with E-state index in [9.17, 15) is 9.59 Å². The van der Waals surface area contributed by atoms with E-state index in [0.717, 1.165) is 11.8 Å². The highest BCUT2D eigenvalue weighted by Gasteiger charge is 2.15. The monoisotopic (exact) mass is 336 g/mol. The highest BCUT2D eigenvalue weighted by molar-refractivity contribution is 5.94. The van der Waals surface area contributed by atoms with Crippen LogP contribution in [0.1, 0.15) is 21.5 Å². The molecule has 1 aromatic carbocycles. The zero-order chi connectivity index (χ0) is 18.4. The third-order valence-corrected chi connectivity index (χ3v) is 3.59. The zero-order valence-corrected chi connectivity index (χ0v) is 14.0. The number of carbonyl (C=O) groups is 1. The Morgan fingerprint density at radius 3 is 2.56 bits per heavy atom. The fourth-order valence-corrected chi connectivity index (χ4v) is 2.30. The van der Waals surface area contributed by atoms with Crippen molar-refractivity contribution in [2.45, 2.75) is 6.54 Å². The van der Waals surface area contributed by atoms with Crippen LogP contribution in [0.25, 0.3) is 5.70 Å². The Bertz CT molecular complexity index is 882. The fraction of sp³-hybridized carbons (Fsp3) is 0.105. The third kappa shape index (κ3) is 4.32. The van der Waals surface area contributed by atoms with Crippen molar-refractivity contribution in [3.63, 3.8) is 0 Å². The van der Waals surface area contributed by atoms with Crippen molar-refractivity contribution in [1.29, 1.82) is 5.41 Å². The molecule has 0 radical (unpaired) electrons. The summed E-state index contributed by atoms with van der Waals surface area (Å²) in [7, 11) is 1.47. The molecule has 128 valence electrons. The predicted octanol–water partition coefficient (Wildman–Crippen LogP) is 1.98. The summed E-state index contributed by atoms with van der Waals surface area (Å²) in [6.45, 7) is 7.88. The molecular formula is C19H20N4O2. The average molecular weight is 336 g/mol. The molecule has 1 amide bonds. The van der Waals surface area contributed by atoms with Crippen LogP contribution < -0.4 is 16.2 Å². The summed E-state index contributed by atoms with van der Waals surface area (Å²) in [6.07, 6.45) is 2.69. The van der Waals surface area contributed by atoms with Gasteiger partial charge in [0.25, 0.3) is 11.5 Å². The largest absolute Gasteiger partial charge is 0.355 e. The SMILES string of the molecule is C=C(C=N)NC(=C)c1cc(C(=O)NC)c(=O)n(Cc2ccccc2)c1. The van der Waals surface area contributed by atoms with Gasteiger partial charge in [-0.2, -0.15) is 0 Å². The highest BCUT2D eigenvalue weighted by atomic mass is 16.2. The minimum atomic E-state index is -0.465. The van der Waals surface area contributed by atoms with Gasteiger partial charge in [-0.1, -0.05) is 43.5 Å². The number of aromatic nitrogens is 1. The van der Waals surface area contributed by atoms with E-state index < -0.39 is 5.91 Å². The zero-order valence-electron chi connectivity index (χ0n) is 14.0. The topological polar surface area (TPSA) is 87.0 Å². The smallest absolute Gasteiger partial charge is 0.263 e. The summed E-state index contributed by atoms with van der Waals surface area (Å²) >= 11 is 0. The van der Waals surface area contributed by atoms with Crippen molar-refractivity contribution in [2.75, 3.05) is 7.05 Å². The predicted molar refractivity (Wildman–Crippen MR) is 99.7 cm³/mol. The van der Waals surface area contributed by atoms with E-state index in [1.165, 1.54) is 17.7 Å². The number of hydrogen-bond donors (Lipinski definition) is 3. The lowest BCUT2D eigenvalue weighted by atomic mass is 10.1. The van der Waals surface area contributed by atoms with Gasteiger partial charge in [0.15, 0.2) is 0 Å². The van der Waals surface area contributed by atoms with Crippen LogP contribution in [0.4, 0.5) is 0 Å². The normalized spacial score (nSPS) is 9.96. The molecule has 0 unspecified atom stereocenters. The van der Waals surface area contributed by atoms with Gasteiger partial charge in [0.2, 0.25) is 0 Å². The Morgan fingerprint density at radius 2 is 1.96 bits per heavy atom. The van der Waals surface area contributed by atoms with Crippen molar-refractivity contribution < 1.29 is 4.79 Å². The number of nitrogens with zero attached hydrogens (tertiary/aromatic N) is 1. The van der Waals surface area contributed by atoms with Gasteiger partial charge in [-0.3, -0.25) is 9.59 Å². The number of nitrogens with one attached hydrogen (secondary N) is 3. The first-order valence-corrected chi connectivity index (χ1v) is 7.62. The number of carbonyl (C=O) groups excluding carboxylic acids is 1. The van der Waals surface area contributed by atoms with Crippen molar-refractivity contribution in [1.82, 2.24) is 15.2 Å². The number of pyridine rings is 1. The van der Waals surface area contributed by atoms with Crippen LogP contribution in [0.2, 0.25) is 0 Å². The van der Waals surface area contributed by atoms with Crippen LogP contribution in [0, 0.1) is 5.41 Å². The number of hydrogen-bond acceptors (Lipinski definition) is 4. The molecule has 0 saturated heterocycles. The minimum absolute atomic E-state index is 0.0272. The Labute approximate surface area is 146 Å². The van der Waals surface area contributed by atoms with Gasteiger partial charge in [0.05, 0.1) is 6.54 Å². The summed E-state index contributed by atoms with van der Waals surface area (Å²) in [5.74, 6) is -0.465. The van der Waals surface area contributed by atoms with Gasteiger partial charge in [-0.15, -0.1) is 0 Å². The Hall–Kier alpha value is -3.41. The van der Waals surface area contributed by atoms with Gasteiger partial charge in [-0.25, -0.2) is 0 Å². The maximum Gasteiger partial charge on any atom is 0.263 e. The lowest BCUT2D eigenvalue weighted by Crippen LogP contribution is -2.32. The summed E-state index contributed by atoms with van der Waals surface area (Å²) in [5.41, 5.74) is 1.95. The van der Waals surface area contributed by atoms with Crippen molar-refractivity contribution >= 4 is 17.8 Å². The van der Waals surface area contributed by atoms with Crippen LogP contribution in [-0.2, 0) is 6.54 Å². The summed E-state index contributed by atoms with van der Waals surface area (Å²) in [4.78, 5) is 24.7. The maximum atomic E-state index is 12.6. The average Bonchev–Trinajstić information content (AvgIpc) is 2.63. The molecule has 1 heterocycles. The molecule has 0 aliphatic carbocycles. The maximum absolute atomic E-state index is 12.6. The van der Waals surface area contributed by atoms with E-state index in [4.69, 9.17) is 5.41 Å². The third-order valence-electron chi connectivity index (χ3n) is 3.59. The first-order valence-electron chi connectivity index (χ1n) is 7.62. The van der Waals surface area contributed by atoms with Crippen LogP contribution >= 0.6 is 0 Å². The number of amides is 1. The molecule has 2 aromatic rings. The highest BCUT2D eigenvalue weighted by Crippen LogP contribution is 2.12. The Balaban J connectivity index is 2.50. The van der Waals surface area contributed by atoms with Crippen LogP contribution in [0.3, 0.4) is 0 Å². The number of allylic oxidation sites excluding steroid dienone is 1. The molecular weight excluding hydrogens is 316 g/mol. The molecule has 3 N–H and O–H groups in total. The van der Waals surface area contributed by atoms with E-state index in [2.05, 4.69) is 23.8 Å². The first kappa shape index (κ1) is 17.9. The Kier molecular flexibility index (Phi) is 5.68. The molecule has 0 fully saturated rings. The lowest BCUT2D eigenvalue weighted by Gasteiger charge is -2.14. The molecule has 1 aromatic heterocycles. The first-order chi connectivity index (χ1) is 12.0. The van der Waals surface area contributed by atoms with E-state index in [-0.39, 0.29) is 11.1 Å². The standard InChI is InChI=1S/C19H20N4O2/c1-13(10-20)22-14(2)16-9-17(18(24)21-3)19(25)23(12-16)11-15-7-5-4-6-8-15/h4-10,12,20,22H,1-2,11H2,3H3,(H,21,24). The molecule has 6 heteroatoms. The fourth-order valence-electron chi connectivity index (χ4n) is 2.30. The summed E-state index contributed by atoms with van der Waals surface area (Å²) in [5, 5.41) is 12.5. The molecule has 25 heavy (non-hydrogen) atoms. The van der Waals surface area contributed by atoms with Gasteiger partial charge >= 0.3 is 0 Å². The molecule has 0 spiro atoms. The molecule has 6 nitrogen and oxygen atoms in total. The second-order valence-electron chi connectivity index (χ2n) is 5.41. The van der Waals surface area contributed by atoms with Gasteiger partial charge in [0.1, 0.15) is 5.56 Å². The summed E-state index contributed by atoms with van der Waals surface area (Å²) in [6, 6.07) is 11.0. The molecule has 0 aliphatic heterocycles. The van der Waals surface area contributed by atoms with Gasteiger partial charge < -0.3 is 20.6 Å². The van der Waals surface area contributed by atoms with Crippen LogP contribution in [-0.4, -0.2) is 23.7 Å². The molecule has 0 aliphatic rings. The second kappa shape index (κ2) is 7.92. The minimum Gasteiger partial charge on any atom is -0.355 e. The van der Waals surface area contributed by atoms with Gasteiger partial charge in [0, 0.05) is 36.4 Å². The van der Waals surface area contributed by atoms with Gasteiger partial charge in [-0.05, 0) is 11.6 Å². The van der Waals surface area contributed by atoms with Crippen molar-refractivity contribution in [2.24, 2.45) is 0 Å². The molecule has 2 rings (SSSR count). The summed E-state index contributed by atoms with van der Waals surface area (Å²) < 4.78 is 1.47. The lowest BCUT2D eigenvalue weighted by molar-refractivity contribution is 0.0961. The van der Waals surface area contributed by atoms with E-state index in [1.807, 2.05) is 30.3 Å². The second-order valence-corrected chi connectivity index (χ2v) is 5.41. The quantitative estimate of drug-likeness (QED) is 0.676. The van der Waals surface area contributed by atoms with E-state index in [0.29, 0.717) is 23.5 Å². The Morgan fingerprint density at radius 1 is 1.28 bits per heavy atom. The van der Waals surface area contributed by atoms with Crippen molar-refractivity contribution in [3.05, 3.63) is 88.5 Å². The molecule has 0 atom stereocenters.